The summed E-state index contributed by atoms with van der Waals surface area (Å²) in [6.45, 7) is 1.80. The van der Waals surface area contributed by atoms with E-state index in [1.54, 1.807) is 19.1 Å². The number of carbonyl (C=O) groups excluding carboxylic acids is 2. The van der Waals surface area contributed by atoms with E-state index in [1.807, 2.05) is 6.07 Å². The molecule has 116 valence electrons. The first-order valence-electron chi connectivity index (χ1n) is 7.80. The number of Topliss-reactive ketones (excluding diaryl/α,β-unsaturated/α-hetero) is 2. The molecule has 3 atom stereocenters. The van der Waals surface area contributed by atoms with Crippen molar-refractivity contribution in [1.29, 1.82) is 0 Å². The van der Waals surface area contributed by atoms with Gasteiger partial charge in [-0.05, 0) is 61.8 Å². The van der Waals surface area contributed by atoms with Crippen molar-refractivity contribution in [3.05, 3.63) is 29.3 Å². The smallest absolute Gasteiger partial charge is 0.179 e. The summed E-state index contributed by atoms with van der Waals surface area (Å²) >= 11 is 0. The molecule has 0 spiro atoms. The minimum absolute atomic E-state index is 0.115. The van der Waals surface area contributed by atoms with Gasteiger partial charge in [-0.3, -0.25) is 9.59 Å². The van der Waals surface area contributed by atoms with Gasteiger partial charge < -0.3 is 9.57 Å². The van der Waals surface area contributed by atoms with Gasteiger partial charge in [0.05, 0.1) is 0 Å². The van der Waals surface area contributed by atoms with E-state index >= 15 is 0 Å². The van der Waals surface area contributed by atoms with Gasteiger partial charge >= 0.3 is 0 Å². The maximum atomic E-state index is 12.9. The predicted molar refractivity (Wildman–Crippen MR) is 78.5 cm³/mol. The van der Waals surface area contributed by atoms with Crippen molar-refractivity contribution in [2.24, 2.45) is 5.90 Å². The monoisotopic (exact) mass is 301 g/mol. The molecule has 2 aliphatic heterocycles. The zero-order chi connectivity index (χ0) is 15.5. The van der Waals surface area contributed by atoms with Crippen LogP contribution >= 0.6 is 0 Å². The van der Waals surface area contributed by atoms with Crippen LogP contribution in [0.4, 0.5) is 0 Å². The summed E-state index contributed by atoms with van der Waals surface area (Å²) in [5, 5.41) is 0. The third kappa shape index (κ3) is 1.92. The number of ether oxygens (including phenoxy) is 1. The molecule has 0 radical (unpaired) electrons. The van der Waals surface area contributed by atoms with Crippen LogP contribution in [0.3, 0.4) is 0 Å². The molecule has 3 aliphatic rings. The Hall–Kier alpha value is -1.72. The molecule has 2 saturated heterocycles. The highest BCUT2D eigenvalue weighted by atomic mass is 16.6. The number of benzene rings is 1. The third-order valence-electron chi connectivity index (χ3n) is 5.19. The maximum Gasteiger partial charge on any atom is 0.179 e. The molecule has 4 rings (SSSR count). The zero-order valence-electron chi connectivity index (χ0n) is 12.5. The lowest BCUT2D eigenvalue weighted by atomic mass is 9.79. The number of hydrogen-bond acceptors (Lipinski definition) is 5. The molecular formula is C17H19NO4. The van der Waals surface area contributed by atoms with Crippen LogP contribution in [0.1, 0.15) is 55.6 Å². The van der Waals surface area contributed by atoms with Crippen molar-refractivity contribution >= 4 is 11.6 Å². The molecule has 2 heterocycles. The highest BCUT2D eigenvalue weighted by Gasteiger charge is 2.56. The van der Waals surface area contributed by atoms with Crippen LogP contribution in [0.2, 0.25) is 0 Å². The second kappa shape index (κ2) is 4.64. The van der Waals surface area contributed by atoms with Gasteiger partial charge in [-0.25, -0.2) is 0 Å². The molecule has 0 amide bonds. The van der Waals surface area contributed by atoms with E-state index in [4.69, 9.17) is 15.5 Å². The van der Waals surface area contributed by atoms with Gasteiger partial charge in [-0.15, -0.1) is 0 Å². The molecule has 1 saturated carbocycles. The van der Waals surface area contributed by atoms with E-state index in [0.29, 0.717) is 24.5 Å². The van der Waals surface area contributed by atoms with Gasteiger partial charge in [-0.1, -0.05) is 6.07 Å². The topological polar surface area (TPSA) is 78.6 Å². The molecule has 22 heavy (non-hydrogen) atoms. The standard InChI is InChI=1S/C17H19NO4/c1-17-7-6-13(21-17)15(19)14(16(17)20)12-8-10(22-18)4-5-11(12)9-2-3-9/h4-5,8-9,13-14H,2-3,6-7,18H2,1H3. The van der Waals surface area contributed by atoms with Crippen LogP contribution in [-0.2, 0) is 14.3 Å². The molecule has 2 N–H and O–H groups in total. The fraction of sp³-hybridized carbons (Fsp3) is 0.529. The van der Waals surface area contributed by atoms with Crippen LogP contribution in [0.25, 0.3) is 0 Å². The van der Waals surface area contributed by atoms with Gasteiger partial charge in [0.25, 0.3) is 0 Å². The summed E-state index contributed by atoms with van der Waals surface area (Å²) in [5.41, 5.74) is 1.02. The van der Waals surface area contributed by atoms with Crippen molar-refractivity contribution in [3.63, 3.8) is 0 Å². The lowest BCUT2D eigenvalue weighted by Crippen LogP contribution is -2.49. The Labute approximate surface area is 128 Å². The van der Waals surface area contributed by atoms with Gasteiger partial charge in [0, 0.05) is 0 Å². The molecular weight excluding hydrogens is 282 g/mol. The summed E-state index contributed by atoms with van der Waals surface area (Å²) in [5.74, 6) is 5.20. The molecule has 1 aromatic rings. The predicted octanol–water partition coefficient (Wildman–Crippen LogP) is 1.99. The highest BCUT2D eigenvalue weighted by molar-refractivity contribution is 6.15. The van der Waals surface area contributed by atoms with Gasteiger partial charge in [0.15, 0.2) is 11.6 Å². The van der Waals surface area contributed by atoms with Gasteiger partial charge in [-0.2, -0.15) is 5.90 Å². The van der Waals surface area contributed by atoms with E-state index in [-0.39, 0.29) is 11.6 Å². The molecule has 1 aromatic carbocycles. The molecule has 1 aliphatic carbocycles. The lowest BCUT2D eigenvalue weighted by molar-refractivity contribution is -0.160. The van der Waals surface area contributed by atoms with Crippen molar-refractivity contribution < 1.29 is 19.2 Å². The van der Waals surface area contributed by atoms with Crippen LogP contribution in [0.15, 0.2) is 18.2 Å². The van der Waals surface area contributed by atoms with Crippen LogP contribution in [0, 0.1) is 0 Å². The summed E-state index contributed by atoms with van der Waals surface area (Å²) in [6.07, 6.45) is 2.99. The minimum atomic E-state index is -0.830. The molecule has 5 nitrogen and oxygen atoms in total. The first kappa shape index (κ1) is 13.9. The van der Waals surface area contributed by atoms with Crippen molar-refractivity contribution in [3.8, 4) is 5.75 Å². The second-order valence-corrected chi connectivity index (χ2v) is 6.76. The minimum Gasteiger partial charge on any atom is -0.412 e. The van der Waals surface area contributed by atoms with Gasteiger partial charge in [0.1, 0.15) is 23.4 Å². The average Bonchev–Trinajstić information content (AvgIpc) is 3.29. The highest BCUT2D eigenvalue weighted by Crippen LogP contribution is 2.48. The van der Waals surface area contributed by atoms with Crippen LogP contribution in [0.5, 0.6) is 5.75 Å². The Morgan fingerprint density at radius 1 is 1.23 bits per heavy atom. The Bertz CT molecular complexity index is 667. The summed E-state index contributed by atoms with van der Waals surface area (Å²) in [4.78, 5) is 30.4. The first-order valence-corrected chi connectivity index (χ1v) is 7.80. The fourth-order valence-corrected chi connectivity index (χ4v) is 3.78. The quantitative estimate of drug-likeness (QED) is 0.682. The van der Waals surface area contributed by atoms with Crippen molar-refractivity contribution in [1.82, 2.24) is 0 Å². The number of carbonyl (C=O) groups is 2. The van der Waals surface area contributed by atoms with E-state index in [2.05, 4.69) is 0 Å². The largest absolute Gasteiger partial charge is 0.412 e. The third-order valence-corrected chi connectivity index (χ3v) is 5.19. The second-order valence-electron chi connectivity index (χ2n) is 6.76. The Morgan fingerprint density at radius 2 is 2.00 bits per heavy atom. The van der Waals surface area contributed by atoms with E-state index in [1.165, 1.54) is 0 Å². The number of fused-ring (bicyclic) bond motifs is 2. The van der Waals surface area contributed by atoms with Gasteiger partial charge in [0.2, 0.25) is 0 Å². The average molecular weight is 301 g/mol. The van der Waals surface area contributed by atoms with Crippen molar-refractivity contribution in [2.45, 2.75) is 56.1 Å². The summed E-state index contributed by atoms with van der Waals surface area (Å²) < 4.78 is 5.68. The zero-order valence-corrected chi connectivity index (χ0v) is 12.5. The van der Waals surface area contributed by atoms with E-state index < -0.39 is 17.6 Å². The van der Waals surface area contributed by atoms with Crippen molar-refractivity contribution in [2.75, 3.05) is 0 Å². The Morgan fingerprint density at radius 3 is 2.68 bits per heavy atom. The lowest BCUT2D eigenvalue weighted by Gasteiger charge is -2.34. The number of ketones is 2. The molecule has 3 unspecified atom stereocenters. The SMILES string of the molecule is CC12CCC(O1)C(=O)C(c1cc(ON)ccc1C1CC1)C2=O. The summed E-state index contributed by atoms with van der Waals surface area (Å²) in [7, 11) is 0. The number of rotatable bonds is 3. The molecule has 3 fully saturated rings. The molecule has 2 bridgehead atoms. The van der Waals surface area contributed by atoms with E-state index in [9.17, 15) is 9.59 Å². The van der Waals surface area contributed by atoms with Crippen LogP contribution in [-0.4, -0.2) is 23.3 Å². The maximum absolute atomic E-state index is 12.9. The normalized spacial score (nSPS) is 34.1. The number of nitrogens with two attached hydrogens (primary N) is 1. The fourth-order valence-electron chi connectivity index (χ4n) is 3.78. The Kier molecular flexibility index (Phi) is 2.93. The van der Waals surface area contributed by atoms with Crippen LogP contribution < -0.4 is 10.7 Å². The van der Waals surface area contributed by atoms with E-state index in [0.717, 1.165) is 24.0 Å². The number of hydrogen-bond donors (Lipinski definition) is 1. The Balaban J connectivity index is 1.83. The summed E-state index contributed by atoms with van der Waals surface area (Å²) in [6, 6.07) is 5.49. The molecule has 0 aromatic heterocycles. The molecule has 5 heteroatoms. The first-order chi connectivity index (χ1) is 10.5.